The highest BCUT2D eigenvalue weighted by Gasteiger charge is 1.94. The number of nitrogens with two attached hydrogens (primary N) is 1. The number of pyridine rings is 1. The second-order valence-corrected chi connectivity index (χ2v) is 3.71. The van der Waals surface area contributed by atoms with Crippen molar-refractivity contribution in [3.05, 3.63) is 18.3 Å². The van der Waals surface area contributed by atoms with Crippen LogP contribution in [0.2, 0.25) is 0 Å². The second kappa shape index (κ2) is 8.78. The number of nitrogens with zero attached hydrogens (tertiary/aromatic N) is 1. The van der Waals surface area contributed by atoms with E-state index in [-0.39, 0.29) is 0 Å². The first-order valence-corrected chi connectivity index (χ1v) is 5.85. The predicted octanol–water partition coefficient (Wildman–Crippen LogP) is 1.52. The summed E-state index contributed by atoms with van der Waals surface area (Å²) in [4.78, 5) is 4.16. The van der Waals surface area contributed by atoms with Gasteiger partial charge in [-0.1, -0.05) is 0 Å². The maximum Gasteiger partial charge on any atom is 0.127 e. The van der Waals surface area contributed by atoms with Gasteiger partial charge in [0.15, 0.2) is 0 Å². The molecular formula is C12H21N3O2. The van der Waals surface area contributed by atoms with Crippen LogP contribution >= 0.6 is 0 Å². The van der Waals surface area contributed by atoms with Crippen LogP contribution in [-0.2, 0) is 9.47 Å². The summed E-state index contributed by atoms with van der Waals surface area (Å²) in [5.74, 6) is 0.824. The van der Waals surface area contributed by atoms with E-state index in [0.29, 0.717) is 13.2 Å². The number of hydrogen-bond donors (Lipinski definition) is 2. The van der Waals surface area contributed by atoms with Crippen LogP contribution in [0.5, 0.6) is 0 Å². The predicted molar refractivity (Wildman–Crippen MR) is 69.1 cm³/mol. The highest BCUT2D eigenvalue weighted by molar-refractivity contribution is 5.48. The van der Waals surface area contributed by atoms with E-state index in [0.717, 1.165) is 37.5 Å². The number of anilines is 2. The van der Waals surface area contributed by atoms with Gasteiger partial charge in [0.25, 0.3) is 0 Å². The molecule has 0 spiro atoms. The molecule has 5 nitrogen and oxygen atoms in total. The highest BCUT2D eigenvalue weighted by atomic mass is 16.5. The third-order valence-corrected chi connectivity index (χ3v) is 2.24. The van der Waals surface area contributed by atoms with E-state index in [9.17, 15) is 0 Å². The maximum absolute atomic E-state index is 5.65. The quantitative estimate of drug-likeness (QED) is 0.639. The highest BCUT2D eigenvalue weighted by Crippen LogP contribution is 2.07. The van der Waals surface area contributed by atoms with Crippen molar-refractivity contribution < 1.29 is 9.47 Å². The van der Waals surface area contributed by atoms with Crippen molar-refractivity contribution in [2.75, 3.05) is 44.5 Å². The third-order valence-electron chi connectivity index (χ3n) is 2.24. The van der Waals surface area contributed by atoms with Gasteiger partial charge in [-0.3, -0.25) is 0 Å². The van der Waals surface area contributed by atoms with E-state index in [2.05, 4.69) is 10.3 Å². The standard InChI is InChI=1S/C12H21N3O2/c1-16-8-9-17-7-3-2-5-14-12-10-11(13)4-6-15-12/h4,6,10H,2-3,5,7-9H2,1H3,(H3,13,14,15). The summed E-state index contributed by atoms with van der Waals surface area (Å²) in [7, 11) is 1.67. The molecule has 0 bridgehead atoms. The molecule has 1 aromatic rings. The minimum absolute atomic E-state index is 0.658. The summed E-state index contributed by atoms with van der Waals surface area (Å²) < 4.78 is 10.2. The summed E-state index contributed by atoms with van der Waals surface area (Å²) in [5, 5.41) is 3.22. The van der Waals surface area contributed by atoms with Gasteiger partial charge in [-0.05, 0) is 18.9 Å². The van der Waals surface area contributed by atoms with Gasteiger partial charge in [0, 0.05) is 38.2 Å². The molecule has 17 heavy (non-hydrogen) atoms. The first kappa shape index (κ1) is 13.7. The molecular weight excluding hydrogens is 218 g/mol. The molecule has 1 rings (SSSR count). The lowest BCUT2D eigenvalue weighted by Crippen LogP contribution is -2.07. The number of hydrogen-bond acceptors (Lipinski definition) is 5. The summed E-state index contributed by atoms with van der Waals surface area (Å²) >= 11 is 0. The second-order valence-electron chi connectivity index (χ2n) is 3.71. The molecule has 96 valence electrons. The zero-order valence-electron chi connectivity index (χ0n) is 10.3. The number of methoxy groups -OCH3 is 1. The third kappa shape index (κ3) is 6.76. The SMILES string of the molecule is COCCOCCCCNc1cc(N)ccn1. The number of unbranched alkanes of at least 4 members (excludes halogenated alkanes) is 1. The molecule has 0 saturated heterocycles. The Labute approximate surface area is 102 Å². The maximum atomic E-state index is 5.65. The van der Waals surface area contributed by atoms with E-state index < -0.39 is 0 Å². The molecule has 0 unspecified atom stereocenters. The molecule has 5 heteroatoms. The molecule has 1 aromatic heterocycles. The van der Waals surface area contributed by atoms with Crippen LogP contribution in [0.4, 0.5) is 11.5 Å². The van der Waals surface area contributed by atoms with Crippen LogP contribution < -0.4 is 11.1 Å². The first-order chi connectivity index (χ1) is 8.33. The van der Waals surface area contributed by atoms with Crippen molar-refractivity contribution in [3.8, 4) is 0 Å². The smallest absolute Gasteiger partial charge is 0.127 e. The van der Waals surface area contributed by atoms with Crippen LogP contribution in [0, 0.1) is 0 Å². The Balaban J connectivity index is 1.97. The summed E-state index contributed by atoms with van der Waals surface area (Å²) in [6.45, 7) is 2.98. The lowest BCUT2D eigenvalue weighted by molar-refractivity contribution is 0.0691. The molecule has 0 atom stereocenters. The van der Waals surface area contributed by atoms with Crippen LogP contribution in [0.3, 0.4) is 0 Å². The largest absolute Gasteiger partial charge is 0.399 e. The van der Waals surface area contributed by atoms with Crippen molar-refractivity contribution in [1.82, 2.24) is 4.98 Å². The van der Waals surface area contributed by atoms with E-state index in [1.54, 1.807) is 19.4 Å². The van der Waals surface area contributed by atoms with Gasteiger partial charge in [0.05, 0.1) is 13.2 Å². The lowest BCUT2D eigenvalue weighted by Gasteiger charge is -2.06. The first-order valence-electron chi connectivity index (χ1n) is 5.85. The number of ether oxygens (including phenoxy) is 2. The molecule has 3 N–H and O–H groups in total. The molecule has 0 aromatic carbocycles. The van der Waals surface area contributed by atoms with E-state index >= 15 is 0 Å². The Kier molecular flexibility index (Phi) is 7.09. The summed E-state index contributed by atoms with van der Waals surface area (Å²) in [6.07, 6.45) is 3.77. The molecule has 0 aliphatic carbocycles. The topological polar surface area (TPSA) is 69.4 Å². The van der Waals surface area contributed by atoms with Crippen molar-refractivity contribution in [2.24, 2.45) is 0 Å². The van der Waals surface area contributed by atoms with E-state index in [1.807, 2.05) is 6.07 Å². The van der Waals surface area contributed by atoms with Gasteiger partial charge in [-0.2, -0.15) is 0 Å². The Morgan fingerprint density at radius 3 is 2.94 bits per heavy atom. The normalized spacial score (nSPS) is 10.4. The number of aromatic nitrogens is 1. The molecule has 0 amide bonds. The van der Waals surface area contributed by atoms with Gasteiger partial charge >= 0.3 is 0 Å². The van der Waals surface area contributed by atoms with Gasteiger partial charge < -0.3 is 20.5 Å². The number of rotatable bonds is 9. The van der Waals surface area contributed by atoms with Gasteiger partial charge in [-0.25, -0.2) is 4.98 Å². The van der Waals surface area contributed by atoms with Gasteiger partial charge in [0.2, 0.25) is 0 Å². The fourth-order valence-electron chi connectivity index (χ4n) is 1.33. The number of nitrogen functional groups attached to an aromatic ring is 1. The molecule has 0 radical (unpaired) electrons. The fourth-order valence-corrected chi connectivity index (χ4v) is 1.33. The molecule has 1 heterocycles. The number of nitrogens with one attached hydrogen (secondary N) is 1. The average Bonchev–Trinajstić information content (AvgIpc) is 2.33. The molecule has 0 aliphatic heterocycles. The Bertz CT molecular complexity index is 308. The molecule has 0 saturated carbocycles. The minimum Gasteiger partial charge on any atom is -0.399 e. The summed E-state index contributed by atoms with van der Waals surface area (Å²) in [6, 6.07) is 3.60. The van der Waals surface area contributed by atoms with Gasteiger partial charge in [0.1, 0.15) is 5.82 Å². The van der Waals surface area contributed by atoms with Crippen LogP contribution in [0.25, 0.3) is 0 Å². The lowest BCUT2D eigenvalue weighted by atomic mass is 10.3. The molecule has 0 aliphatic rings. The van der Waals surface area contributed by atoms with Crippen LogP contribution in [0.15, 0.2) is 18.3 Å². The van der Waals surface area contributed by atoms with Gasteiger partial charge in [-0.15, -0.1) is 0 Å². The van der Waals surface area contributed by atoms with Crippen LogP contribution in [-0.4, -0.2) is 38.5 Å². The summed E-state index contributed by atoms with van der Waals surface area (Å²) in [5.41, 5.74) is 6.37. The average molecular weight is 239 g/mol. The van der Waals surface area contributed by atoms with Crippen molar-refractivity contribution in [3.63, 3.8) is 0 Å². The Morgan fingerprint density at radius 1 is 1.29 bits per heavy atom. The Hall–Kier alpha value is -1.33. The minimum atomic E-state index is 0.658. The monoisotopic (exact) mass is 239 g/mol. The van der Waals surface area contributed by atoms with E-state index in [1.165, 1.54) is 0 Å². The Morgan fingerprint density at radius 2 is 2.18 bits per heavy atom. The fraction of sp³-hybridized carbons (Fsp3) is 0.583. The zero-order valence-corrected chi connectivity index (χ0v) is 10.3. The van der Waals surface area contributed by atoms with Crippen LogP contribution in [0.1, 0.15) is 12.8 Å². The zero-order chi connectivity index (χ0) is 12.3. The van der Waals surface area contributed by atoms with Crippen molar-refractivity contribution in [1.29, 1.82) is 0 Å². The van der Waals surface area contributed by atoms with E-state index in [4.69, 9.17) is 15.2 Å². The van der Waals surface area contributed by atoms with Crippen molar-refractivity contribution in [2.45, 2.75) is 12.8 Å². The molecule has 0 fully saturated rings. The van der Waals surface area contributed by atoms with Crippen molar-refractivity contribution >= 4 is 11.5 Å².